The van der Waals surface area contributed by atoms with Crippen molar-refractivity contribution < 1.29 is 22.7 Å². The highest BCUT2D eigenvalue weighted by molar-refractivity contribution is 7.89. The van der Waals surface area contributed by atoms with Crippen molar-refractivity contribution in [3.05, 3.63) is 54.1 Å². The highest BCUT2D eigenvalue weighted by Crippen LogP contribution is 2.25. The number of carbonyl (C=O) groups is 2. The molecule has 2 aromatic rings. The zero-order chi connectivity index (χ0) is 22.4. The molecule has 0 radical (unpaired) electrons. The third kappa shape index (κ3) is 5.83. The smallest absolute Gasteiger partial charge is 0.243 e. The predicted molar refractivity (Wildman–Crippen MR) is 117 cm³/mol. The van der Waals surface area contributed by atoms with E-state index in [-0.39, 0.29) is 23.3 Å². The molecule has 1 fully saturated rings. The first-order valence-electron chi connectivity index (χ1n) is 10.1. The topological polar surface area (TPSA) is 105 Å². The molecule has 1 aliphatic rings. The first-order valence-corrected chi connectivity index (χ1v) is 11.5. The zero-order valence-electron chi connectivity index (χ0n) is 17.6. The van der Waals surface area contributed by atoms with Crippen molar-refractivity contribution in [3.63, 3.8) is 0 Å². The summed E-state index contributed by atoms with van der Waals surface area (Å²) in [7, 11) is -2.13. The molecule has 31 heavy (non-hydrogen) atoms. The van der Waals surface area contributed by atoms with Crippen molar-refractivity contribution >= 4 is 27.5 Å². The van der Waals surface area contributed by atoms with Crippen molar-refractivity contribution in [2.24, 2.45) is 5.92 Å². The van der Waals surface area contributed by atoms with Crippen molar-refractivity contribution in [3.8, 4) is 5.75 Å². The molecule has 0 aromatic heterocycles. The van der Waals surface area contributed by atoms with Crippen LogP contribution in [0.15, 0.2) is 53.4 Å². The first kappa shape index (κ1) is 22.8. The fourth-order valence-electron chi connectivity index (χ4n) is 3.51. The highest BCUT2D eigenvalue weighted by Gasteiger charge is 2.33. The van der Waals surface area contributed by atoms with Gasteiger partial charge < -0.3 is 15.4 Å². The Hall–Kier alpha value is -2.91. The minimum absolute atomic E-state index is 0.140. The lowest BCUT2D eigenvalue weighted by Crippen LogP contribution is -2.45. The predicted octanol–water partition coefficient (Wildman–Crippen LogP) is 2.37. The second-order valence-corrected chi connectivity index (χ2v) is 9.41. The number of carbonyl (C=O) groups excluding carboxylic acids is 2. The number of rotatable bonds is 7. The molecule has 166 valence electrons. The van der Waals surface area contributed by atoms with E-state index < -0.39 is 15.9 Å². The Morgan fingerprint density at radius 1 is 1.10 bits per heavy atom. The molecule has 9 heteroatoms. The monoisotopic (exact) mass is 445 g/mol. The fraction of sp³-hybridized carbons (Fsp3) is 0.364. The number of ether oxygens (including phenoxy) is 1. The molecule has 8 nitrogen and oxygen atoms in total. The van der Waals surface area contributed by atoms with Crippen LogP contribution in [0.25, 0.3) is 0 Å². The van der Waals surface area contributed by atoms with Crippen LogP contribution in [0.5, 0.6) is 5.75 Å². The summed E-state index contributed by atoms with van der Waals surface area (Å²) in [5.41, 5.74) is 1.47. The van der Waals surface area contributed by atoms with E-state index in [9.17, 15) is 18.0 Å². The number of amides is 2. The van der Waals surface area contributed by atoms with Gasteiger partial charge in [-0.25, -0.2) is 8.42 Å². The summed E-state index contributed by atoms with van der Waals surface area (Å²) in [5, 5.41) is 5.51. The molecule has 2 N–H and O–H groups in total. The summed E-state index contributed by atoms with van der Waals surface area (Å²) in [6.45, 7) is 2.27. The van der Waals surface area contributed by atoms with Gasteiger partial charge in [0.05, 0.1) is 17.9 Å². The summed E-state index contributed by atoms with van der Waals surface area (Å²) in [6, 6.07) is 13.4. The van der Waals surface area contributed by atoms with Gasteiger partial charge in [-0.15, -0.1) is 0 Å². The van der Waals surface area contributed by atoms with Crippen LogP contribution < -0.4 is 15.4 Å². The summed E-state index contributed by atoms with van der Waals surface area (Å²) in [4.78, 5) is 23.9. The molecule has 1 saturated heterocycles. The number of sulfonamides is 1. The highest BCUT2D eigenvalue weighted by atomic mass is 32.2. The average Bonchev–Trinajstić information content (AvgIpc) is 2.78. The second-order valence-electron chi connectivity index (χ2n) is 7.47. The molecule has 1 unspecified atom stereocenters. The van der Waals surface area contributed by atoms with Gasteiger partial charge in [0, 0.05) is 32.2 Å². The maximum absolute atomic E-state index is 13.0. The van der Waals surface area contributed by atoms with E-state index in [1.807, 2.05) is 24.3 Å². The molecule has 0 aliphatic carbocycles. The molecule has 0 saturated carbocycles. The molecular weight excluding hydrogens is 418 g/mol. The molecule has 1 heterocycles. The number of nitrogens with zero attached hydrogens (tertiary/aromatic N) is 1. The van der Waals surface area contributed by atoms with E-state index in [4.69, 9.17) is 4.74 Å². The Kier molecular flexibility index (Phi) is 7.29. The normalized spacial score (nSPS) is 17.0. The van der Waals surface area contributed by atoms with Crippen molar-refractivity contribution in [1.82, 2.24) is 9.62 Å². The standard InChI is InChI=1S/C22H27N3O5S/c1-16(26)24-19-7-11-21(12-8-19)31(28,29)25-13-3-4-18(15-25)22(27)23-14-17-5-9-20(30-2)10-6-17/h5-12,18H,3-4,13-15H2,1-2H3,(H,23,27)(H,24,26). The van der Waals surface area contributed by atoms with Crippen molar-refractivity contribution in [1.29, 1.82) is 0 Å². The molecule has 1 atom stereocenters. The van der Waals surface area contributed by atoms with Crippen LogP contribution in [0.3, 0.4) is 0 Å². The van der Waals surface area contributed by atoms with Gasteiger partial charge >= 0.3 is 0 Å². The Balaban J connectivity index is 1.61. The minimum atomic E-state index is -3.72. The number of hydrogen-bond acceptors (Lipinski definition) is 5. The Bertz CT molecular complexity index is 1020. The molecule has 0 spiro atoms. The average molecular weight is 446 g/mol. The van der Waals surface area contributed by atoms with Crippen LogP contribution in [0.2, 0.25) is 0 Å². The number of benzene rings is 2. The van der Waals surface area contributed by atoms with E-state index in [0.717, 1.165) is 11.3 Å². The van der Waals surface area contributed by atoms with E-state index in [1.165, 1.54) is 23.4 Å². The van der Waals surface area contributed by atoms with E-state index in [2.05, 4.69) is 10.6 Å². The number of anilines is 1. The van der Waals surface area contributed by atoms with E-state index in [1.54, 1.807) is 19.2 Å². The van der Waals surface area contributed by atoms with Gasteiger partial charge in [-0.3, -0.25) is 9.59 Å². The van der Waals surface area contributed by atoms with Crippen LogP contribution >= 0.6 is 0 Å². The maximum atomic E-state index is 13.0. The molecular formula is C22H27N3O5S. The largest absolute Gasteiger partial charge is 0.497 e. The van der Waals surface area contributed by atoms with Gasteiger partial charge in [0.1, 0.15) is 5.75 Å². The summed E-state index contributed by atoms with van der Waals surface area (Å²) in [6.07, 6.45) is 1.26. The Morgan fingerprint density at radius 3 is 2.39 bits per heavy atom. The molecule has 0 bridgehead atoms. The van der Waals surface area contributed by atoms with Gasteiger partial charge in [0.2, 0.25) is 21.8 Å². The minimum Gasteiger partial charge on any atom is -0.497 e. The van der Waals surface area contributed by atoms with Crippen LogP contribution in [0, 0.1) is 5.92 Å². The lowest BCUT2D eigenvalue weighted by Gasteiger charge is -2.31. The summed E-state index contributed by atoms with van der Waals surface area (Å²) >= 11 is 0. The Labute approximate surface area is 182 Å². The molecule has 2 aromatic carbocycles. The summed E-state index contributed by atoms with van der Waals surface area (Å²) < 4.78 is 32.5. The van der Waals surface area contributed by atoms with E-state index >= 15 is 0 Å². The number of hydrogen-bond donors (Lipinski definition) is 2. The molecule has 3 rings (SSSR count). The zero-order valence-corrected chi connectivity index (χ0v) is 18.4. The van der Waals surface area contributed by atoms with Crippen molar-refractivity contribution in [2.75, 3.05) is 25.5 Å². The number of piperidine rings is 1. The Morgan fingerprint density at radius 2 is 1.77 bits per heavy atom. The van der Waals surface area contributed by atoms with Gasteiger partial charge in [0.25, 0.3) is 0 Å². The third-order valence-electron chi connectivity index (χ3n) is 5.19. The van der Waals surface area contributed by atoms with Crippen LogP contribution in [-0.2, 0) is 26.2 Å². The van der Waals surface area contributed by atoms with Gasteiger partial charge in [-0.1, -0.05) is 12.1 Å². The molecule has 1 aliphatic heterocycles. The number of methoxy groups -OCH3 is 1. The quantitative estimate of drug-likeness (QED) is 0.681. The van der Waals surface area contributed by atoms with Crippen molar-refractivity contribution in [2.45, 2.75) is 31.2 Å². The SMILES string of the molecule is COc1ccc(CNC(=O)C2CCCN(S(=O)(=O)c3ccc(NC(C)=O)cc3)C2)cc1. The third-order valence-corrected chi connectivity index (χ3v) is 7.07. The molecule has 2 amide bonds. The lowest BCUT2D eigenvalue weighted by atomic mass is 9.99. The summed E-state index contributed by atoms with van der Waals surface area (Å²) in [5.74, 6) is -0.0411. The van der Waals surface area contributed by atoms with Crippen LogP contribution in [-0.4, -0.2) is 44.7 Å². The number of nitrogens with one attached hydrogen (secondary N) is 2. The lowest BCUT2D eigenvalue weighted by molar-refractivity contribution is -0.126. The van der Waals surface area contributed by atoms with Crippen LogP contribution in [0.1, 0.15) is 25.3 Å². The van der Waals surface area contributed by atoms with Gasteiger partial charge in [-0.2, -0.15) is 4.31 Å². The first-order chi connectivity index (χ1) is 14.8. The van der Waals surface area contributed by atoms with E-state index in [0.29, 0.717) is 31.6 Å². The fourth-order valence-corrected chi connectivity index (χ4v) is 5.04. The van der Waals surface area contributed by atoms with Crippen LogP contribution in [0.4, 0.5) is 5.69 Å². The van der Waals surface area contributed by atoms with Gasteiger partial charge in [0.15, 0.2) is 0 Å². The second kappa shape index (κ2) is 9.93. The maximum Gasteiger partial charge on any atom is 0.243 e. The van der Waals surface area contributed by atoms with Gasteiger partial charge in [-0.05, 0) is 54.8 Å².